The van der Waals surface area contributed by atoms with Crippen molar-refractivity contribution in [3.05, 3.63) is 9.75 Å². The number of thiophene rings is 1. The van der Waals surface area contributed by atoms with Crippen molar-refractivity contribution in [2.24, 2.45) is 0 Å². The van der Waals surface area contributed by atoms with Gasteiger partial charge in [0.2, 0.25) is 0 Å². The van der Waals surface area contributed by atoms with Crippen LogP contribution in [0.2, 0.25) is 0 Å². The van der Waals surface area contributed by atoms with Crippen molar-refractivity contribution >= 4 is 23.9 Å². The van der Waals surface area contributed by atoms with Gasteiger partial charge in [-0.25, -0.2) is 0 Å². The van der Waals surface area contributed by atoms with Gasteiger partial charge >= 0.3 is 0 Å². The molecule has 1 rings (SSSR count). The van der Waals surface area contributed by atoms with Gasteiger partial charge in [0.1, 0.15) is 9.75 Å². The van der Waals surface area contributed by atoms with Crippen LogP contribution >= 0.6 is 11.3 Å². The maximum atomic E-state index is 10.9. The monoisotopic (exact) mass is 256 g/mol. The molecule has 4 nitrogen and oxygen atoms in total. The van der Waals surface area contributed by atoms with Crippen LogP contribution in [0.4, 0.5) is 0 Å². The van der Waals surface area contributed by atoms with Crippen molar-refractivity contribution in [2.45, 2.75) is 26.7 Å². The Kier molecular flexibility index (Phi) is 5.69. The van der Waals surface area contributed by atoms with E-state index in [0.717, 1.165) is 24.2 Å². The van der Waals surface area contributed by atoms with Crippen LogP contribution in [-0.4, -0.2) is 25.8 Å². The van der Waals surface area contributed by atoms with Crippen LogP contribution in [-0.2, 0) is 0 Å². The fourth-order valence-corrected chi connectivity index (χ4v) is 2.09. The lowest BCUT2D eigenvalue weighted by Gasteiger charge is -2.08. The van der Waals surface area contributed by atoms with E-state index in [1.165, 1.54) is 0 Å². The fourth-order valence-electron chi connectivity index (χ4n) is 1.27. The molecule has 0 aliphatic carbocycles. The molecular weight excluding hydrogens is 240 g/mol. The van der Waals surface area contributed by atoms with Crippen LogP contribution in [0.5, 0.6) is 11.5 Å². The van der Waals surface area contributed by atoms with Gasteiger partial charge < -0.3 is 9.47 Å². The standard InChI is InChI=1S/C12H16O4S/c1-3-5-15-11-9(7-13)17-10(8-14)12(11)16-6-4-2/h7-8H,3-6H2,1-2H3. The molecule has 1 aromatic heterocycles. The molecule has 0 aliphatic heterocycles. The quantitative estimate of drug-likeness (QED) is 0.671. The molecule has 1 heterocycles. The summed E-state index contributed by atoms with van der Waals surface area (Å²) in [6, 6.07) is 0. The molecule has 0 saturated heterocycles. The third-order valence-corrected chi connectivity index (χ3v) is 2.99. The summed E-state index contributed by atoms with van der Waals surface area (Å²) in [5.74, 6) is 0.810. The number of hydrogen-bond donors (Lipinski definition) is 0. The molecule has 0 spiro atoms. The second kappa shape index (κ2) is 7.06. The average Bonchev–Trinajstić information content (AvgIpc) is 2.70. The summed E-state index contributed by atoms with van der Waals surface area (Å²) in [6.07, 6.45) is 3.05. The van der Waals surface area contributed by atoms with Crippen LogP contribution in [0.25, 0.3) is 0 Å². The molecule has 94 valence electrons. The molecule has 0 bridgehead atoms. The zero-order chi connectivity index (χ0) is 12.7. The number of aldehydes is 2. The maximum Gasteiger partial charge on any atom is 0.183 e. The predicted octanol–water partition coefficient (Wildman–Crippen LogP) is 2.95. The summed E-state index contributed by atoms with van der Waals surface area (Å²) < 4.78 is 11.0. The van der Waals surface area contributed by atoms with Crippen LogP contribution < -0.4 is 9.47 Å². The van der Waals surface area contributed by atoms with Gasteiger partial charge in [-0.3, -0.25) is 9.59 Å². The van der Waals surface area contributed by atoms with Gasteiger partial charge in [-0.15, -0.1) is 11.3 Å². The first-order valence-electron chi connectivity index (χ1n) is 5.61. The van der Waals surface area contributed by atoms with Gasteiger partial charge in [-0.2, -0.15) is 0 Å². The molecule has 0 aromatic carbocycles. The Hall–Kier alpha value is -1.36. The highest BCUT2D eigenvalue weighted by Crippen LogP contribution is 2.40. The molecule has 0 amide bonds. The van der Waals surface area contributed by atoms with Gasteiger partial charge in [-0.1, -0.05) is 13.8 Å². The van der Waals surface area contributed by atoms with E-state index in [2.05, 4.69) is 0 Å². The smallest absolute Gasteiger partial charge is 0.183 e. The van der Waals surface area contributed by atoms with Gasteiger partial charge in [0.15, 0.2) is 24.1 Å². The summed E-state index contributed by atoms with van der Waals surface area (Å²) in [4.78, 5) is 22.6. The Labute approximate surface area is 105 Å². The molecule has 0 atom stereocenters. The largest absolute Gasteiger partial charge is 0.488 e. The topological polar surface area (TPSA) is 52.6 Å². The SMILES string of the molecule is CCCOc1c(C=O)sc(C=O)c1OCCC. The molecule has 0 radical (unpaired) electrons. The molecule has 1 aromatic rings. The minimum Gasteiger partial charge on any atom is -0.488 e. The Bertz CT molecular complexity index is 350. The van der Waals surface area contributed by atoms with Crippen molar-refractivity contribution in [3.63, 3.8) is 0 Å². The Morgan fingerprint density at radius 3 is 1.65 bits per heavy atom. The number of ether oxygens (including phenoxy) is 2. The molecule has 0 saturated carbocycles. The summed E-state index contributed by atoms with van der Waals surface area (Å²) in [5, 5.41) is 0. The molecule has 0 fully saturated rings. The van der Waals surface area contributed by atoms with Gasteiger partial charge in [0.05, 0.1) is 13.2 Å². The van der Waals surface area contributed by atoms with Crippen LogP contribution in [0.15, 0.2) is 0 Å². The zero-order valence-electron chi connectivity index (χ0n) is 10.0. The molecule has 0 aliphatic rings. The number of carbonyl (C=O) groups is 2. The molecule has 0 unspecified atom stereocenters. The van der Waals surface area contributed by atoms with Crippen LogP contribution in [0.1, 0.15) is 46.0 Å². The second-order valence-electron chi connectivity index (χ2n) is 3.42. The number of rotatable bonds is 8. The van der Waals surface area contributed by atoms with Crippen LogP contribution in [0.3, 0.4) is 0 Å². The Morgan fingerprint density at radius 2 is 1.35 bits per heavy atom. The van der Waals surface area contributed by atoms with Crippen molar-refractivity contribution < 1.29 is 19.1 Å². The van der Waals surface area contributed by atoms with E-state index in [1.807, 2.05) is 13.8 Å². The van der Waals surface area contributed by atoms with E-state index >= 15 is 0 Å². The zero-order valence-corrected chi connectivity index (χ0v) is 10.8. The highest BCUT2D eigenvalue weighted by atomic mass is 32.1. The van der Waals surface area contributed by atoms with Crippen molar-refractivity contribution in [2.75, 3.05) is 13.2 Å². The third kappa shape index (κ3) is 3.30. The molecule has 0 N–H and O–H groups in total. The Balaban J connectivity index is 3.05. The first-order chi connectivity index (χ1) is 8.28. The predicted molar refractivity (Wildman–Crippen MR) is 66.7 cm³/mol. The summed E-state index contributed by atoms with van der Waals surface area (Å²) in [6.45, 7) is 4.94. The minimum atomic E-state index is 0.405. The van der Waals surface area contributed by atoms with Crippen molar-refractivity contribution in [1.82, 2.24) is 0 Å². The lowest BCUT2D eigenvalue weighted by atomic mass is 10.3. The summed E-state index contributed by atoms with van der Waals surface area (Å²) >= 11 is 1.10. The second-order valence-corrected chi connectivity index (χ2v) is 4.51. The maximum absolute atomic E-state index is 10.9. The van der Waals surface area contributed by atoms with E-state index in [1.54, 1.807) is 0 Å². The Morgan fingerprint density at radius 1 is 0.941 bits per heavy atom. The fraction of sp³-hybridized carbons (Fsp3) is 0.500. The van der Waals surface area contributed by atoms with Gasteiger partial charge in [0, 0.05) is 0 Å². The normalized spacial score (nSPS) is 10.0. The third-order valence-electron chi connectivity index (χ3n) is 1.99. The van der Waals surface area contributed by atoms with Crippen molar-refractivity contribution in [3.8, 4) is 11.5 Å². The van der Waals surface area contributed by atoms with E-state index in [-0.39, 0.29) is 0 Å². The number of hydrogen-bond acceptors (Lipinski definition) is 5. The van der Waals surface area contributed by atoms with Crippen molar-refractivity contribution in [1.29, 1.82) is 0 Å². The van der Waals surface area contributed by atoms with Crippen LogP contribution in [0, 0.1) is 0 Å². The van der Waals surface area contributed by atoms with Gasteiger partial charge in [-0.05, 0) is 12.8 Å². The van der Waals surface area contributed by atoms with Gasteiger partial charge in [0.25, 0.3) is 0 Å². The lowest BCUT2D eigenvalue weighted by Crippen LogP contribution is -2.01. The van der Waals surface area contributed by atoms with E-state index in [9.17, 15) is 9.59 Å². The molecular formula is C12H16O4S. The van der Waals surface area contributed by atoms with E-state index in [4.69, 9.17) is 9.47 Å². The van der Waals surface area contributed by atoms with E-state index < -0.39 is 0 Å². The first kappa shape index (κ1) is 13.7. The lowest BCUT2D eigenvalue weighted by molar-refractivity contribution is 0.111. The summed E-state index contributed by atoms with van der Waals surface area (Å²) in [5.41, 5.74) is 0. The number of carbonyl (C=O) groups excluding carboxylic acids is 2. The highest BCUT2D eigenvalue weighted by Gasteiger charge is 2.20. The summed E-state index contributed by atoms with van der Waals surface area (Å²) in [7, 11) is 0. The first-order valence-corrected chi connectivity index (χ1v) is 6.42. The molecule has 5 heteroatoms. The van der Waals surface area contributed by atoms with E-state index in [0.29, 0.717) is 47.0 Å². The molecule has 17 heavy (non-hydrogen) atoms. The highest BCUT2D eigenvalue weighted by molar-refractivity contribution is 7.16. The average molecular weight is 256 g/mol. The minimum absolute atomic E-state index is 0.405.